The van der Waals surface area contributed by atoms with Crippen LogP contribution in [0.1, 0.15) is 0 Å². The SMILES string of the molecule is c1ccc(N2c3cc4c(cc3B3c5c2cc2c(oc6ccccc62)c5-c2cccc5c6ccccc6n3c25)B2c3c(cc5c(oc6ccccc65)c3-c3cccc5c6ccccc6n2c35)N4c2ccccc2)cc1. The summed E-state index contributed by atoms with van der Waals surface area (Å²) in [6.07, 6.45) is 0. The minimum atomic E-state index is -0.212. The summed E-state index contributed by atoms with van der Waals surface area (Å²) in [6.45, 7) is -0.423. The van der Waals surface area contributed by atoms with Gasteiger partial charge in [-0.2, -0.15) is 0 Å². The average Bonchev–Trinajstić information content (AvgIpc) is 4.25. The number of rotatable bonds is 2. The van der Waals surface area contributed by atoms with Crippen molar-refractivity contribution >= 4 is 157 Å². The minimum Gasteiger partial charge on any atom is -0.455 e. The van der Waals surface area contributed by atoms with Gasteiger partial charge in [-0.05, 0) is 88.6 Å². The molecule has 0 bridgehead atoms. The molecule has 0 fully saturated rings. The first-order valence-corrected chi connectivity index (χ1v) is 25.7. The maximum absolute atomic E-state index is 7.13. The lowest BCUT2D eigenvalue weighted by molar-refractivity contribution is 0.670. The average molecular weight is 939 g/mol. The van der Waals surface area contributed by atoms with Crippen molar-refractivity contribution in [1.29, 1.82) is 0 Å². The molecule has 11 aromatic carbocycles. The molecule has 0 N–H and O–H groups in total. The monoisotopic (exact) mass is 938 g/mol. The molecule has 6 nitrogen and oxygen atoms in total. The molecule has 0 aliphatic carbocycles. The Balaban J connectivity index is 1.03. The molecule has 338 valence electrons. The molecule has 4 aliphatic heterocycles. The fourth-order valence-corrected chi connectivity index (χ4v) is 14.5. The number of benzene rings is 11. The van der Waals surface area contributed by atoms with Crippen molar-refractivity contribution in [3.63, 3.8) is 0 Å². The van der Waals surface area contributed by atoms with Gasteiger partial charge in [-0.3, -0.25) is 0 Å². The van der Waals surface area contributed by atoms with E-state index in [4.69, 9.17) is 8.83 Å². The Morgan fingerprint density at radius 2 is 0.716 bits per heavy atom. The number of para-hydroxylation sites is 8. The van der Waals surface area contributed by atoms with Crippen LogP contribution in [-0.2, 0) is 0 Å². The van der Waals surface area contributed by atoms with Crippen molar-refractivity contribution < 1.29 is 8.83 Å². The van der Waals surface area contributed by atoms with Crippen LogP contribution in [0, 0.1) is 0 Å². The van der Waals surface area contributed by atoms with Crippen molar-refractivity contribution in [2.45, 2.75) is 0 Å². The normalized spacial score (nSPS) is 13.8. The Labute approximate surface area is 423 Å². The maximum atomic E-state index is 7.13. The Morgan fingerprint density at radius 3 is 1.19 bits per heavy atom. The highest BCUT2D eigenvalue weighted by Gasteiger charge is 2.49. The van der Waals surface area contributed by atoms with Gasteiger partial charge in [0.2, 0.25) is 0 Å². The molecule has 74 heavy (non-hydrogen) atoms. The van der Waals surface area contributed by atoms with E-state index in [2.05, 4.69) is 237 Å². The van der Waals surface area contributed by atoms with Crippen LogP contribution in [0.5, 0.6) is 0 Å². The third kappa shape index (κ3) is 4.42. The second-order valence-corrected chi connectivity index (χ2v) is 20.6. The summed E-state index contributed by atoms with van der Waals surface area (Å²) in [6, 6.07) is 80.9. The molecule has 0 saturated heterocycles. The highest BCUT2D eigenvalue weighted by atomic mass is 16.3. The predicted octanol–water partition coefficient (Wildman–Crippen LogP) is 14.5. The second kappa shape index (κ2) is 13.2. The van der Waals surface area contributed by atoms with Crippen LogP contribution in [0.3, 0.4) is 0 Å². The third-order valence-electron chi connectivity index (χ3n) is 17.2. The topological polar surface area (TPSA) is 42.6 Å². The van der Waals surface area contributed by atoms with Gasteiger partial charge in [0.25, 0.3) is 0 Å². The Hall–Kier alpha value is -9.65. The van der Waals surface area contributed by atoms with Crippen LogP contribution in [0.15, 0.2) is 227 Å². The molecule has 4 aromatic heterocycles. The van der Waals surface area contributed by atoms with Crippen LogP contribution in [0.25, 0.3) is 110 Å². The molecule has 8 heterocycles. The molecule has 0 amide bonds. The number of fused-ring (bicyclic) bond motifs is 22. The minimum absolute atomic E-state index is 0.212. The van der Waals surface area contributed by atoms with E-state index in [1.807, 2.05) is 0 Å². The first-order valence-electron chi connectivity index (χ1n) is 25.7. The molecule has 0 saturated carbocycles. The van der Waals surface area contributed by atoms with Crippen LogP contribution in [-0.4, -0.2) is 22.7 Å². The summed E-state index contributed by atoms with van der Waals surface area (Å²) in [7, 11) is 0. The molecule has 19 rings (SSSR count). The molecule has 4 aliphatic rings. The standard InChI is InChI=1S/C66H36B2N4O2/c1-3-17-37(18-4-1)69-53-36-54-50(35-49(53)67-61-55(69)33-47-41-23-9-13-31-57(41)73-65(47)59(61)45-27-15-25-43-39-21-7-11-29-51(39)71(67)63(43)45)68-62-56(70(54)38-19-5-2-6-20-38)34-48-42-24-10-14-32-58(42)74-66(48)60(62)46-28-16-26-44-40-22-8-12-30-52(40)72(68)64(44)46/h1-36H. The summed E-state index contributed by atoms with van der Waals surface area (Å²) in [5.41, 5.74) is 25.1. The lowest BCUT2D eigenvalue weighted by Gasteiger charge is -2.44. The smallest absolute Gasteiger partial charge is 0.333 e. The molecule has 0 radical (unpaired) electrons. The molecule has 0 unspecified atom stereocenters. The van der Waals surface area contributed by atoms with E-state index in [-0.39, 0.29) is 13.7 Å². The van der Waals surface area contributed by atoms with Crippen molar-refractivity contribution in [3.8, 4) is 22.3 Å². The van der Waals surface area contributed by atoms with E-state index in [0.717, 1.165) is 78.0 Å². The molecule has 15 aromatic rings. The van der Waals surface area contributed by atoms with E-state index in [9.17, 15) is 0 Å². The number of anilines is 6. The van der Waals surface area contributed by atoms with Gasteiger partial charge >= 0.3 is 13.7 Å². The number of hydrogen-bond donors (Lipinski definition) is 0. The van der Waals surface area contributed by atoms with E-state index in [1.165, 1.54) is 87.7 Å². The van der Waals surface area contributed by atoms with Gasteiger partial charge in [0.1, 0.15) is 22.3 Å². The predicted molar refractivity (Wildman–Crippen MR) is 308 cm³/mol. The van der Waals surface area contributed by atoms with Gasteiger partial charge in [0.05, 0.1) is 0 Å². The maximum Gasteiger partial charge on any atom is 0.333 e. The highest BCUT2D eigenvalue weighted by Crippen LogP contribution is 2.53. The summed E-state index contributed by atoms with van der Waals surface area (Å²) < 4.78 is 19.6. The number of furan rings is 2. The van der Waals surface area contributed by atoms with Crippen molar-refractivity contribution in [1.82, 2.24) is 8.96 Å². The Morgan fingerprint density at radius 1 is 0.311 bits per heavy atom. The van der Waals surface area contributed by atoms with Gasteiger partial charge in [-0.15, -0.1) is 0 Å². The Bertz CT molecular complexity index is 4750. The largest absolute Gasteiger partial charge is 0.455 e. The zero-order chi connectivity index (χ0) is 47.7. The van der Waals surface area contributed by atoms with Crippen LogP contribution >= 0.6 is 0 Å². The summed E-state index contributed by atoms with van der Waals surface area (Å²) in [5, 5.41) is 9.45. The third-order valence-corrected chi connectivity index (χ3v) is 17.2. The summed E-state index contributed by atoms with van der Waals surface area (Å²) >= 11 is 0. The number of hydrogen-bond acceptors (Lipinski definition) is 4. The Kier molecular flexibility index (Phi) is 6.82. The molecule has 0 spiro atoms. The van der Waals surface area contributed by atoms with Crippen molar-refractivity contribution in [3.05, 3.63) is 218 Å². The van der Waals surface area contributed by atoms with E-state index < -0.39 is 0 Å². The van der Waals surface area contributed by atoms with E-state index >= 15 is 0 Å². The van der Waals surface area contributed by atoms with Crippen molar-refractivity contribution in [2.75, 3.05) is 9.80 Å². The fraction of sp³-hybridized carbons (Fsp3) is 0. The quantitative estimate of drug-likeness (QED) is 0.162. The van der Waals surface area contributed by atoms with E-state index in [1.54, 1.807) is 0 Å². The summed E-state index contributed by atoms with van der Waals surface area (Å²) in [4.78, 5) is 5.11. The zero-order valence-electron chi connectivity index (χ0n) is 39.5. The highest BCUT2D eigenvalue weighted by molar-refractivity contribution is 6.93. The first-order chi connectivity index (χ1) is 36.8. The molecule has 8 heteroatoms. The zero-order valence-corrected chi connectivity index (χ0v) is 39.5. The number of aromatic nitrogens is 2. The lowest BCUT2D eigenvalue weighted by Crippen LogP contribution is -2.61. The second-order valence-electron chi connectivity index (χ2n) is 20.6. The van der Waals surface area contributed by atoms with E-state index in [0.29, 0.717) is 0 Å². The summed E-state index contributed by atoms with van der Waals surface area (Å²) in [5.74, 6) is 0. The molecular formula is C66H36B2N4O2. The molecular weight excluding hydrogens is 902 g/mol. The van der Waals surface area contributed by atoms with Gasteiger partial charge in [-0.25, -0.2) is 0 Å². The van der Waals surface area contributed by atoms with Gasteiger partial charge in [0.15, 0.2) is 0 Å². The lowest BCUT2D eigenvalue weighted by atomic mass is 9.41. The van der Waals surface area contributed by atoms with Crippen LogP contribution in [0.2, 0.25) is 0 Å². The van der Waals surface area contributed by atoms with Gasteiger partial charge in [-0.1, -0.05) is 152 Å². The fourth-order valence-electron chi connectivity index (χ4n) is 14.5. The van der Waals surface area contributed by atoms with Gasteiger partial charge in [0, 0.05) is 122 Å². The number of nitrogens with zero attached hydrogens (tertiary/aromatic N) is 4. The van der Waals surface area contributed by atoms with Gasteiger partial charge < -0.3 is 27.6 Å². The molecule has 0 atom stereocenters. The van der Waals surface area contributed by atoms with Crippen LogP contribution in [0.4, 0.5) is 34.1 Å². The first kappa shape index (κ1) is 38.1. The van der Waals surface area contributed by atoms with Crippen LogP contribution < -0.4 is 31.7 Å². The van der Waals surface area contributed by atoms with Crippen molar-refractivity contribution in [2.24, 2.45) is 0 Å².